The van der Waals surface area contributed by atoms with Crippen molar-refractivity contribution in [2.45, 2.75) is 77.8 Å². The van der Waals surface area contributed by atoms with Crippen LogP contribution in [-0.4, -0.2) is 74.2 Å². The van der Waals surface area contributed by atoms with Gasteiger partial charge in [-0.15, -0.1) is 9.42 Å². The van der Waals surface area contributed by atoms with Gasteiger partial charge in [-0.05, 0) is 50.7 Å². The van der Waals surface area contributed by atoms with Crippen LogP contribution in [0.4, 0.5) is 0 Å². The number of carbonyl (C=O) groups excluding carboxylic acids is 2. The molecule has 0 aromatic heterocycles. The smallest absolute Gasteiger partial charge is 0.463 e. The van der Waals surface area contributed by atoms with Crippen molar-refractivity contribution in [1.29, 1.82) is 0 Å². The minimum atomic E-state index is -2.57. The van der Waals surface area contributed by atoms with E-state index in [0.29, 0.717) is 43.4 Å². The SMILES string of the molecule is C=C(C)C(O)OCCOC(=O)CCCCCOC(OCCOC(=O)CCCCCO[P+](=O)O)C(=C)C. The molecule has 12 heteroatoms. The van der Waals surface area contributed by atoms with E-state index in [0.717, 1.165) is 12.8 Å². The largest absolute Gasteiger partial charge is 0.694 e. The molecular formula is C24H42O11P+. The van der Waals surface area contributed by atoms with Gasteiger partial charge in [-0.2, -0.15) is 0 Å². The first-order chi connectivity index (χ1) is 17.1. The molecule has 0 radical (unpaired) electrons. The van der Waals surface area contributed by atoms with E-state index in [1.807, 2.05) is 0 Å². The lowest BCUT2D eigenvalue weighted by Crippen LogP contribution is -2.22. The van der Waals surface area contributed by atoms with E-state index in [-0.39, 0.29) is 57.8 Å². The molecule has 3 unspecified atom stereocenters. The molecule has 0 aromatic carbocycles. The Labute approximate surface area is 214 Å². The van der Waals surface area contributed by atoms with Crippen molar-refractivity contribution in [2.75, 3.05) is 39.6 Å². The summed E-state index contributed by atoms with van der Waals surface area (Å²) in [7, 11) is -2.57. The summed E-state index contributed by atoms with van der Waals surface area (Å²) in [5.74, 6) is -0.660. The third kappa shape index (κ3) is 21.6. The Bertz CT molecular complexity index is 668. The number of hydrogen-bond donors (Lipinski definition) is 2. The number of carbonyl (C=O) groups is 2. The maximum atomic E-state index is 11.7. The van der Waals surface area contributed by atoms with Crippen LogP contribution in [0.15, 0.2) is 24.3 Å². The van der Waals surface area contributed by atoms with Crippen LogP contribution in [0.2, 0.25) is 0 Å². The molecule has 3 atom stereocenters. The lowest BCUT2D eigenvalue weighted by molar-refractivity contribution is -0.153. The normalized spacial score (nSPS) is 13.1. The fraction of sp³-hybridized carbons (Fsp3) is 0.750. The van der Waals surface area contributed by atoms with E-state index in [2.05, 4.69) is 17.7 Å². The number of ether oxygens (including phenoxy) is 5. The zero-order valence-electron chi connectivity index (χ0n) is 21.5. The predicted molar refractivity (Wildman–Crippen MR) is 132 cm³/mol. The summed E-state index contributed by atoms with van der Waals surface area (Å²) in [5.41, 5.74) is 1.18. The van der Waals surface area contributed by atoms with Gasteiger partial charge in [0.25, 0.3) is 0 Å². The van der Waals surface area contributed by atoms with Crippen molar-refractivity contribution in [3.8, 4) is 0 Å². The zero-order chi connectivity index (χ0) is 27.2. The Morgan fingerprint density at radius 3 is 1.72 bits per heavy atom. The minimum absolute atomic E-state index is 0.0739. The molecule has 0 aromatic rings. The van der Waals surface area contributed by atoms with Crippen molar-refractivity contribution >= 4 is 20.2 Å². The molecule has 2 N–H and O–H groups in total. The lowest BCUT2D eigenvalue weighted by Gasteiger charge is -2.18. The van der Waals surface area contributed by atoms with Gasteiger partial charge in [0.05, 0.1) is 19.8 Å². The predicted octanol–water partition coefficient (Wildman–Crippen LogP) is 3.71. The Morgan fingerprint density at radius 2 is 1.22 bits per heavy atom. The average molecular weight is 538 g/mol. The molecule has 0 saturated heterocycles. The fourth-order valence-corrected chi connectivity index (χ4v) is 2.96. The standard InChI is InChI=1S/C24H41O11P/c1-19(2)23(27)32-17-15-30-21(25)11-7-5-9-13-33-24(20(3)4)34-18-16-31-22(26)12-8-6-10-14-35-36(28)29/h23-24,27H,1,3,5-18H2,2,4H3/p+1. The number of aliphatic hydroxyl groups is 1. The Balaban J connectivity index is 3.74. The monoisotopic (exact) mass is 537 g/mol. The molecule has 0 heterocycles. The first-order valence-corrected chi connectivity index (χ1v) is 13.2. The Kier molecular flexibility index (Phi) is 21.4. The van der Waals surface area contributed by atoms with Gasteiger partial charge >= 0.3 is 20.2 Å². The second-order valence-corrected chi connectivity index (χ2v) is 8.86. The van der Waals surface area contributed by atoms with Gasteiger partial charge in [-0.25, -0.2) is 0 Å². The van der Waals surface area contributed by atoms with Gasteiger partial charge < -0.3 is 28.8 Å². The second kappa shape index (κ2) is 22.5. The molecule has 0 rings (SSSR count). The lowest BCUT2D eigenvalue weighted by atomic mass is 10.2. The van der Waals surface area contributed by atoms with Crippen LogP contribution in [0, 0.1) is 0 Å². The highest BCUT2D eigenvalue weighted by molar-refractivity contribution is 7.32. The van der Waals surface area contributed by atoms with Crippen LogP contribution < -0.4 is 0 Å². The first-order valence-electron chi connectivity index (χ1n) is 12.1. The van der Waals surface area contributed by atoms with Crippen LogP contribution in [-0.2, 0) is 42.4 Å². The number of unbranched alkanes of at least 4 members (excludes halogenated alkanes) is 4. The van der Waals surface area contributed by atoms with Gasteiger partial charge in [0.1, 0.15) is 19.8 Å². The highest BCUT2D eigenvalue weighted by Gasteiger charge is 2.12. The van der Waals surface area contributed by atoms with E-state index < -0.39 is 20.8 Å². The van der Waals surface area contributed by atoms with Crippen molar-refractivity contribution in [3.05, 3.63) is 24.3 Å². The van der Waals surface area contributed by atoms with Crippen molar-refractivity contribution < 1.29 is 52.4 Å². The summed E-state index contributed by atoms with van der Waals surface area (Å²) in [4.78, 5) is 31.9. The van der Waals surface area contributed by atoms with E-state index in [4.69, 9.17) is 28.6 Å². The van der Waals surface area contributed by atoms with Crippen molar-refractivity contribution in [2.24, 2.45) is 0 Å². The van der Waals surface area contributed by atoms with E-state index in [1.165, 1.54) is 0 Å². The van der Waals surface area contributed by atoms with Gasteiger partial charge in [-0.1, -0.05) is 26.0 Å². The van der Waals surface area contributed by atoms with Crippen LogP contribution in [0.3, 0.4) is 0 Å². The van der Waals surface area contributed by atoms with Gasteiger partial charge in [0.15, 0.2) is 12.6 Å². The van der Waals surface area contributed by atoms with E-state index >= 15 is 0 Å². The molecule has 11 nitrogen and oxygen atoms in total. The van der Waals surface area contributed by atoms with E-state index in [9.17, 15) is 19.3 Å². The minimum Gasteiger partial charge on any atom is -0.463 e. The van der Waals surface area contributed by atoms with Crippen LogP contribution in [0.5, 0.6) is 0 Å². The maximum absolute atomic E-state index is 11.7. The molecular weight excluding hydrogens is 495 g/mol. The summed E-state index contributed by atoms with van der Waals surface area (Å²) in [6.07, 6.45) is 2.92. The fourth-order valence-electron chi connectivity index (χ4n) is 2.67. The first kappa shape index (κ1) is 34.3. The summed E-state index contributed by atoms with van der Waals surface area (Å²) in [6, 6.07) is 0. The number of esters is 2. The summed E-state index contributed by atoms with van der Waals surface area (Å²) < 4.78 is 41.4. The molecule has 0 saturated carbocycles. The third-order valence-electron chi connectivity index (χ3n) is 4.58. The molecule has 208 valence electrons. The maximum Gasteiger partial charge on any atom is 0.694 e. The molecule has 0 aliphatic heterocycles. The number of aliphatic hydroxyl groups excluding tert-OH is 1. The molecule has 0 bridgehead atoms. The number of rotatable bonds is 24. The summed E-state index contributed by atoms with van der Waals surface area (Å²) in [5, 5.41) is 9.41. The van der Waals surface area contributed by atoms with E-state index in [1.54, 1.807) is 13.8 Å². The highest BCUT2D eigenvalue weighted by atomic mass is 31.1. The molecule has 0 aliphatic rings. The van der Waals surface area contributed by atoms with Crippen molar-refractivity contribution in [1.82, 2.24) is 0 Å². The number of hydrogen-bond acceptors (Lipinski definition) is 10. The molecule has 0 amide bonds. The summed E-state index contributed by atoms with van der Waals surface area (Å²) >= 11 is 0. The molecule has 0 fully saturated rings. The third-order valence-corrected chi connectivity index (χ3v) is 4.99. The Morgan fingerprint density at radius 1 is 0.722 bits per heavy atom. The quantitative estimate of drug-likeness (QED) is 0.0610. The van der Waals surface area contributed by atoms with Crippen LogP contribution in [0.1, 0.15) is 65.2 Å². The molecule has 0 spiro atoms. The topological polar surface area (TPSA) is 147 Å². The van der Waals surface area contributed by atoms with Gasteiger partial charge in [-0.3, -0.25) is 9.59 Å². The zero-order valence-corrected chi connectivity index (χ0v) is 22.4. The molecule has 36 heavy (non-hydrogen) atoms. The van der Waals surface area contributed by atoms with Gasteiger partial charge in [0.2, 0.25) is 0 Å². The average Bonchev–Trinajstić information content (AvgIpc) is 2.81. The van der Waals surface area contributed by atoms with Crippen LogP contribution in [0.25, 0.3) is 0 Å². The summed E-state index contributed by atoms with van der Waals surface area (Å²) in [6.45, 7) is 11.9. The highest BCUT2D eigenvalue weighted by Crippen LogP contribution is 2.15. The van der Waals surface area contributed by atoms with Crippen LogP contribution >= 0.6 is 8.25 Å². The second-order valence-electron chi connectivity index (χ2n) is 8.12. The Hall–Kier alpha value is -1.72. The van der Waals surface area contributed by atoms with Gasteiger partial charge in [0, 0.05) is 17.4 Å². The van der Waals surface area contributed by atoms with Crippen molar-refractivity contribution in [3.63, 3.8) is 0 Å². The molecule has 0 aliphatic carbocycles.